The second-order valence-corrected chi connectivity index (χ2v) is 5.60. The molecule has 2 rings (SSSR count). The van der Waals surface area contributed by atoms with Crippen LogP contribution in [0.15, 0.2) is 12.1 Å². The van der Waals surface area contributed by atoms with E-state index < -0.39 is 12.0 Å². The highest BCUT2D eigenvalue weighted by molar-refractivity contribution is 5.96. The van der Waals surface area contributed by atoms with Crippen LogP contribution in [-0.4, -0.2) is 56.7 Å². The first-order valence-electron chi connectivity index (χ1n) is 8.50. The van der Waals surface area contributed by atoms with E-state index in [0.29, 0.717) is 39.9 Å². The lowest BCUT2D eigenvalue weighted by Crippen LogP contribution is -2.34. The van der Waals surface area contributed by atoms with E-state index in [0.717, 1.165) is 0 Å². The van der Waals surface area contributed by atoms with Gasteiger partial charge in [0.25, 0.3) is 0 Å². The van der Waals surface area contributed by atoms with Crippen LogP contribution in [0.5, 0.6) is 17.2 Å². The van der Waals surface area contributed by atoms with E-state index in [9.17, 15) is 9.59 Å². The number of anilines is 1. The van der Waals surface area contributed by atoms with Gasteiger partial charge in [-0.05, 0) is 26.0 Å². The van der Waals surface area contributed by atoms with Crippen molar-refractivity contribution in [3.05, 3.63) is 17.8 Å². The van der Waals surface area contributed by atoms with Crippen LogP contribution in [0.3, 0.4) is 0 Å². The molecule has 0 saturated heterocycles. The maximum atomic E-state index is 12.2. The third kappa shape index (κ3) is 4.64. The highest BCUT2D eigenvalue weighted by Crippen LogP contribution is 2.42. The van der Waals surface area contributed by atoms with Gasteiger partial charge in [-0.1, -0.05) is 0 Å². The number of H-pyrrole nitrogens is 1. The van der Waals surface area contributed by atoms with E-state index in [2.05, 4.69) is 20.8 Å². The van der Waals surface area contributed by atoms with Gasteiger partial charge in [0.15, 0.2) is 11.5 Å². The van der Waals surface area contributed by atoms with Crippen molar-refractivity contribution in [1.82, 2.24) is 15.5 Å². The van der Waals surface area contributed by atoms with Crippen LogP contribution < -0.4 is 24.8 Å². The summed E-state index contributed by atoms with van der Waals surface area (Å²) in [6, 6.07) is 2.88. The third-order valence-corrected chi connectivity index (χ3v) is 3.82. The minimum atomic E-state index is -0.564. The molecule has 1 heterocycles. The smallest absolute Gasteiger partial charge is 0.325 e. The Hall–Kier alpha value is -3.43. The number of methoxy groups -OCH3 is 3. The Morgan fingerprint density at radius 3 is 2.29 bits per heavy atom. The number of urea groups is 1. The lowest BCUT2D eigenvalue weighted by molar-refractivity contribution is -0.141. The van der Waals surface area contributed by atoms with Crippen molar-refractivity contribution in [3.8, 4) is 28.5 Å². The molecule has 0 aliphatic carbocycles. The molecule has 1 aromatic heterocycles. The minimum Gasteiger partial charge on any atom is -0.493 e. The van der Waals surface area contributed by atoms with E-state index in [1.54, 1.807) is 26.0 Å². The monoisotopic (exact) mass is 392 g/mol. The Labute approximate surface area is 162 Å². The number of benzene rings is 1. The average molecular weight is 392 g/mol. The highest BCUT2D eigenvalue weighted by Gasteiger charge is 2.20. The van der Waals surface area contributed by atoms with Crippen LogP contribution in [0, 0.1) is 6.92 Å². The zero-order chi connectivity index (χ0) is 20.7. The number of ether oxygens (including phenoxy) is 4. The summed E-state index contributed by atoms with van der Waals surface area (Å²) in [5, 5.41) is 12.2. The Morgan fingerprint density at radius 2 is 1.75 bits per heavy atom. The van der Waals surface area contributed by atoms with Crippen molar-refractivity contribution in [3.63, 3.8) is 0 Å². The van der Waals surface area contributed by atoms with Crippen LogP contribution in [0.25, 0.3) is 11.3 Å². The van der Waals surface area contributed by atoms with Crippen molar-refractivity contribution >= 4 is 17.7 Å². The molecular weight excluding hydrogens is 368 g/mol. The molecule has 1 aromatic carbocycles. The quantitative estimate of drug-likeness (QED) is 0.588. The number of aromatic nitrogens is 2. The first-order chi connectivity index (χ1) is 13.4. The van der Waals surface area contributed by atoms with E-state index in [1.165, 1.54) is 21.3 Å². The minimum absolute atomic E-state index is 0.240. The number of rotatable bonds is 8. The number of aromatic amines is 1. The molecule has 10 heteroatoms. The van der Waals surface area contributed by atoms with Crippen LogP contribution >= 0.6 is 0 Å². The van der Waals surface area contributed by atoms with Crippen LogP contribution in [-0.2, 0) is 9.53 Å². The third-order valence-electron chi connectivity index (χ3n) is 3.82. The van der Waals surface area contributed by atoms with Gasteiger partial charge in [0.05, 0.1) is 39.3 Å². The molecule has 2 amide bonds. The predicted octanol–water partition coefficient (Wildman–Crippen LogP) is 2.10. The first-order valence-corrected chi connectivity index (χ1v) is 8.50. The van der Waals surface area contributed by atoms with Crippen LogP contribution in [0.2, 0.25) is 0 Å². The molecule has 2 aromatic rings. The highest BCUT2D eigenvalue weighted by atomic mass is 16.5. The normalized spacial score (nSPS) is 10.2. The van der Waals surface area contributed by atoms with Crippen molar-refractivity contribution in [2.45, 2.75) is 13.8 Å². The largest absolute Gasteiger partial charge is 0.493 e. The summed E-state index contributed by atoms with van der Waals surface area (Å²) in [6.07, 6.45) is 0. The fourth-order valence-corrected chi connectivity index (χ4v) is 2.53. The van der Waals surface area contributed by atoms with Crippen molar-refractivity contribution in [2.24, 2.45) is 0 Å². The molecule has 0 bridgehead atoms. The molecule has 3 N–H and O–H groups in total. The predicted molar refractivity (Wildman–Crippen MR) is 102 cm³/mol. The fourth-order valence-electron chi connectivity index (χ4n) is 2.53. The number of amides is 2. The molecule has 0 spiro atoms. The topological polar surface area (TPSA) is 124 Å². The number of carbonyl (C=O) groups excluding carboxylic acids is 2. The fraction of sp³-hybridized carbons (Fsp3) is 0.389. The summed E-state index contributed by atoms with van der Waals surface area (Å²) >= 11 is 0. The summed E-state index contributed by atoms with van der Waals surface area (Å²) in [6.45, 7) is 3.45. The van der Waals surface area contributed by atoms with Gasteiger partial charge in [0, 0.05) is 5.56 Å². The number of aryl methyl sites for hydroxylation is 1. The van der Waals surface area contributed by atoms with Gasteiger partial charge in [-0.3, -0.25) is 9.89 Å². The number of carbonyl (C=O) groups is 2. The number of esters is 1. The molecule has 0 aliphatic rings. The Balaban J connectivity index is 2.29. The second kappa shape index (κ2) is 9.49. The van der Waals surface area contributed by atoms with Gasteiger partial charge < -0.3 is 29.6 Å². The number of nitrogens with zero attached hydrogens (tertiary/aromatic N) is 1. The van der Waals surface area contributed by atoms with Gasteiger partial charge in [-0.25, -0.2) is 4.79 Å². The van der Waals surface area contributed by atoms with Gasteiger partial charge >= 0.3 is 12.0 Å². The van der Waals surface area contributed by atoms with Crippen LogP contribution in [0.1, 0.15) is 12.6 Å². The van der Waals surface area contributed by atoms with E-state index in [4.69, 9.17) is 18.9 Å². The SMILES string of the molecule is CCOC(=O)CNC(=O)Nc1c(-c2cc(OC)c(OC)c(OC)c2)n[nH]c1C. The molecule has 10 nitrogen and oxygen atoms in total. The average Bonchev–Trinajstić information content (AvgIpc) is 3.05. The number of hydrogen-bond donors (Lipinski definition) is 3. The Bertz CT molecular complexity index is 824. The van der Waals surface area contributed by atoms with Crippen molar-refractivity contribution in [1.29, 1.82) is 0 Å². The lowest BCUT2D eigenvalue weighted by Gasteiger charge is -2.14. The Kier molecular flexibility index (Phi) is 7.08. The standard InChI is InChI=1S/C18H24N4O6/c1-6-28-14(23)9-19-18(24)20-15-10(2)21-22-16(15)11-7-12(25-3)17(27-5)13(8-11)26-4/h7-8H,6,9H2,1-5H3,(H,21,22)(H2,19,20,24). The van der Waals surface area contributed by atoms with Gasteiger partial charge in [-0.15, -0.1) is 0 Å². The summed E-state index contributed by atoms with van der Waals surface area (Å²) in [5.41, 5.74) is 2.20. The summed E-state index contributed by atoms with van der Waals surface area (Å²) < 4.78 is 20.8. The molecule has 152 valence electrons. The zero-order valence-corrected chi connectivity index (χ0v) is 16.5. The number of nitrogens with one attached hydrogen (secondary N) is 3. The van der Waals surface area contributed by atoms with Crippen LogP contribution in [0.4, 0.5) is 10.5 Å². The lowest BCUT2D eigenvalue weighted by atomic mass is 10.1. The van der Waals surface area contributed by atoms with E-state index >= 15 is 0 Å². The molecule has 0 radical (unpaired) electrons. The van der Waals surface area contributed by atoms with Gasteiger partial charge in [0.2, 0.25) is 5.75 Å². The molecule has 0 unspecified atom stereocenters. The van der Waals surface area contributed by atoms with E-state index in [-0.39, 0.29) is 13.2 Å². The summed E-state index contributed by atoms with van der Waals surface area (Å²) in [7, 11) is 4.54. The first kappa shape index (κ1) is 20.9. The molecule has 0 aliphatic heterocycles. The summed E-state index contributed by atoms with van der Waals surface area (Å²) in [5.74, 6) is 0.833. The molecule has 0 fully saturated rings. The maximum absolute atomic E-state index is 12.2. The van der Waals surface area contributed by atoms with Crippen molar-refractivity contribution < 1.29 is 28.5 Å². The summed E-state index contributed by atoms with van der Waals surface area (Å²) in [4.78, 5) is 23.5. The maximum Gasteiger partial charge on any atom is 0.325 e. The zero-order valence-electron chi connectivity index (χ0n) is 16.5. The Morgan fingerprint density at radius 1 is 1.11 bits per heavy atom. The molecule has 0 atom stereocenters. The van der Waals surface area contributed by atoms with Crippen molar-refractivity contribution in [2.75, 3.05) is 39.8 Å². The number of hydrogen-bond acceptors (Lipinski definition) is 7. The second-order valence-electron chi connectivity index (χ2n) is 5.60. The van der Waals surface area contributed by atoms with Gasteiger partial charge in [0.1, 0.15) is 12.2 Å². The molecule has 0 saturated carbocycles. The molecule has 28 heavy (non-hydrogen) atoms. The molecular formula is C18H24N4O6. The van der Waals surface area contributed by atoms with Gasteiger partial charge in [-0.2, -0.15) is 5.10 Å². The van der Waals surface area contributed by atoms with E-state index in [1.807, 2.05) is 0 Å².